The summed E-state index contributed by atoms with van der Waals surface area (Å²) in [6.45, 7) is 5.71. The van der Waals surface area contributed by atoms with Crippen LogP contribution in [0.2, 0.25) is 0 Å². The van der Waals surface area contributed by atoms with Crippen molar-refractivity contribution in [3.05, 3.63) is 11.8 Å². The Morgan fingerprint density at radius 3 is 2.67 bits per heavy atom. The van der Waals surface area contributed by atoms with Gasteiger partial charge in [-0.25, -0.2) is 9.59 Å². The van der Waals surface area contributed by atoms with Gasteiger partial charge in [0.05, 0.1) is 6.04 Å². The van der Waals surface area contributed by atoms with Crippen LogP contribution in [-0.2, 0) is 25.8 Å². The molecule has 1 saturated carbocycles. The first-order valence-corrected chi connectivity index (χ1v) is 12.3. The van der Waals surface area contributed by atoms with Crippen LogP contribution < -0.4 is 5.32 Å². The molecule has 1 aliphatic carbocycles. The van der Waals surface area contributed by atoms with Gasteiger partial charge in [-0.05, 0) is 58.8 Å². The van der Waals surface area contributed by atoms with Gasteiger partial charge in [-0.2, -0.15) is 13.5 Å². The Morgan fingerprint density at radius 2 is 2.00 bits per heavy atom. The lowest BCUT2D eigenvalue weighted by molar-refractivity contribution is -0.0317. The minimum atomic E-state index is -4.79. The van der Waals surface area contributed by atoms with Gasteiger partial charge in [0, 0.05) is 19.0 Å². The van der Waals surface area contributed by atoms with E-state index in [0.29, 0.717) is 42.0 Å². The van der Waals surface area contributed by atoms with Crippen molar-refractivity contribution in [2.75, 3.05) is 6.54 Å². The molecule has 1 aromatic heterocycles. The zero-order chi connectivity index (χ0) is 24.0. The number of urea groups is 1. The molecular weight excluding hydrogens is 458 g/mol. The predicted molar refractivity (Wildman–Crippen MR) is 111 cm³/mol. The molecule has 4 rings (SSSR count). The number of nitrogens with one attached hydrogen (secondary N) is 1. The minimum Gasteiger partial charge on any atom is -0.444 e. The second-order valence-corrected chi connectivity index (χ2v) is 10.8. The van der Waals surface area contributed by atoms with Crippen molar-refractivity contribution in [1.29, 1.82) is 0 Å². The maximum atomic E-state index is 12.5. The number of alkyl carbamates (subject to hydrolysis) is 1. The smallest absolute Gasteiger partial charge is 0.418 e. The highest BCUT2D eigenvalue weighted by atomic mass is 32.3. The molecule has 3 heterocycles. The maximum Gasteiger partial charge on any atom is 0.418 e. The highest BCUT2D eigenvalue weighted by Gasteiger charge is 2.49. The van der Waals surface area contributed by atoms with Gasteiger partial charge in [-0.15, -0.1) is 14.5 Å². The van der Waals surface area contributed by atoms with Gasteiger partial charge in [0.15, 0.2) is 0 Å². The fourth-order valence-corrected chi connectivity index (χ4v) is 4.87. The van der Waals surface area contributed by atoms with Crippen LogP contribution in [0.4, 0.5) is 9.59 Å². The Kier molecular flexibility index (Phi) is 6.26. The Labute approximate surface area is 191 Å². The van der Waals surface area contributed by atoms with Gasteiger partial charge in [-0.1, -0.05) is 0 Å². The van der Waals surface area contributed by atoms with Crippen molar-refractivity contribution in [2.45, 2.75) is 83.0 Å². The number of fused-ring (bicyclic) bond motifs is 2. The van der Waals surface area contributed by atoms with Crippen molar-refractivity contribution < 1.29 is 36.0 Å². The van der Waals surface area contributed by atoms with E-state index in [2.05, 4.69) is 19.8 Å². The van der Waals surface area contributed by atoms with Crippen LogP contribution in [0.5, 0.6) is 0 Å². The highest BCUT2D eigenvalue weighted by molar-refractivity contribution is 7.80. The first-order valence-electron chi connectivity index (χ1n) is 11.0. The molecule has 0 spiro atoms. The Morgan fingerprint density at radius 1 is 1.27 bits per heavy atom. The first-order chi connectivity index (χ1) is 15.4. The fraction of sp³-hybridized carbons (Fsp3) is 0.789. The zero-order valence-electron chi connectivity index (χ0n) is 18.8. The second-order valence-electron chi connectivity index (χ2n) is 9.76. The number of rotatable bonds is 7. The molecule has 2 saturated heterocycles. The molecule has 2 aliphatic heterocycles. The van der Waals surface area contributed by atoms with Gasteiger partial charge >= 0.3 is 22.5 Å². The molecule has 0 unspecified atom stereocenters. The second kappa shape index (κ2) is 8.72. The zero-order valence-corrected chi connectivity index (χ0v) is 19.6. The van der Waals surface area contributed by atoms with Crippen molar-refractivity contribution in [3.63, 3.8) is 0 Å². The first kappa shape index (κ1) is 23.7. The van der Waals surface area contributed by atoms with Crippen molar-refractivity contribution >= 4 is 22.5 Å². The van der Waals surface area contributed by atoms with Gasteiger partial charge in [0.25, 0.3) is 0 Å². The van der Waals surface area contributed by atoms with E-state index in [1.807, 2.05) is 20.8 Å². The van der Waals surface area contributed by atoms with E-state index >= 15 is 0 Å². The summed E-state index contributed by atoms with van der Waals surface area (Å²) in [5, 5.41) is 11.7. The number of amides is 3. The molecular formula is C19H29N5O8S. The van der Waals surface area contributed by atoms with Crippen LogP contribution in [0.3, 0.4) is 0 Å². The number of hydroxylamine groups is 2. The lowest BCUT2D eigenvalue weighted by atomic mass is 9.77. The van der Waals surface area contributed by atoms with Crippen molar-refractivity contribution in [1.82, 2.24) is 25.5 Å². The van der Waals surface area contributed by atoms with Crippen molar-refractivity contribution in [3.8, 4) is 0 Å². The average molecular weight is 488 g/mol. The SMILES string of the molecule is CC(C)(C)OC(=O)N[C@H]1C[C@@H](CCc2nnc([C@@H]3CC[C@H]4CN3C(=O)N4OS(=O)(=O)O)o2)C1. The summed E-state index contributed by atoms with van der Waals surface area (Å²) in [6, 6.07) is -1.51. The van der Waals surface area contributed by atoms with E-state index in [1.54, 1.807) is 0 Å². The molecule has 2 N–H and O–H groups in total. The molecule has 13 nitrogen and oxygen atoms in total. The van der Waals surface area contributed by atoms with E-state index in [-0.39, 0.29) is 12.6 Å². The molecule has 0 radical (unpaired) electrons. The predicted octanol–water partition coefficient (Wildman–Crippen LogP) is 1.98. The number of piperidine rings is 1. The van der Waals surface area contributed by atoms with Gasteiger partial charge < -0.3 is 19.4 Å². The van der Waals surface area contributed by atoms with E-state index in [1.165, 1.54) is 4.90 Å². The number of nitrogens with zero attached hydrogens (tertiary/aromatic N) is 4. The van der Waals surface area contributed by atoms with Crippen LogP contribution in [0, 0.1) is 5.92 Å². The Hall–Kier alpha value is -2.45. The average Bonchev–Trinajstić information content (AvgIpc) is 3.21. The number of hydrogen-bond acceptors (Lipinski definition) is 9. The van der Waals surface area contributed by atoms with Gasteiger partial charge in [0.1, 0.15) is 11.6 Å². The highest BCUT2D eigenvalue weighted by Crippen LogP contribution is 2.38. The molecule has 33 heavy (non-hydrogen) atoms. The monoisotopic (exact) mass is 487 g/mol. The van der Waals surface area contributed by atoms with Crippen molar-refractivity contribution in [2.24, 2.45) is 5.92 Å². The van der Waals surface area contributed by atoms with Gasteiger partial charge in [-0.3, -0.25) is 4.55 Å². The summed E-state index contributed by atoms with van der Waals surface area (Å²) in [7, 11) is -4.79. The third-order valence-electron chi connectivity index (χ3n) is 5.99. The largest absolute Gasteiger partial charge is 0.444 e. The molecule has 3 amide bonds. The van der Waals surface area contributed by atoms with Crippen LogP contribution >= 0.6 is 0 Å². The number of ether oxygens (including phenoxy) is 1. The summed E-state index contributed by atoms with van der Waals surface area (Å²) in [4.78, 5) is 25.8. The molecule has 14 heteroatoms. The number of hydrogen-bond donors (Lipinski definition) is 2. The normalized spacial score (nSPS) is 27.5. The Balaban J connectivity index is 1.24. The molecule has 2 atom stereocenters. The number of aromatic nitrogens is 2. The third-order valence-corrected chi connectivity index (χ3v) is 6.34. The third kappa shape index (κ3) is 5.73. The Bertz CT molecular complexity index is 1000. The number of carbonyl (C=O) groups is 2. The lowest BCUT2D eigenvalue weighted by Crippen LogP contribution is -2.46. The van der Waals surface area contributed by atoms with E-state index in [4.69, 9.17) is 13.7 Å². The maximum absolute atomic E-state index is 12.5. The summed E-state index contributed by atoms with van der Waals surface area (Å²) >= 11 is 0. The summed E-state index contributed by atoms with van der Waals surface area (Å²) in [5.74, 6) is 1.19. The van der Waals surface area contributed by atoms with Gasteiger partial charge in [0.2, 0.25) is 11.8 Å². The van der Waals surface area contributed by atoms with Crippen LogP contribution in [0.1, 0.15) is 70.7 Å². The number of carbonyl (C=O) groups excluding carboxylic acids is 2. The number of aryl methyl sites for hydroxylation is 1. The topological polar surface area (TPSA) is 164 Å². The summed E-state index contributed by atoms with van der Waals surface area (Å²) in [5.41, 5.74) is -0.524. The van der Waals surface area contributed by atoms with Crippen LogP contribution in [0.15, 0.2) is 4.42 Å². The fourth-order valence-electron chi connectivity index (χ4n) is 4.48. The molecule has 3 fully saturated rings. The molecule has 1 aromatic rings. The van der Waals surface area contributed by atoms with Crippen LogP contribution in [0.25, 0.3) is 0 Å². The lowest BCUT2D eigenvalue weighted by Gasteiger charge is -2.36. The van der Waals surface area contributed by atoms with Crippen LogP contribution in [-0.4, -0.2) is 69.5 Å². The van der Waals surface area contributed by atoms with E-state index < -0.39 is 40.2 Å². The molecule has 184 valence electrons. The van der Waals surface area contributed by atoms with E-state index in [9.17, 15) is 18.0 Å². The molecule has 0 aromatic carbocycles. The minimum absolute atomic E-state index is 0.104. The summed E-state index contributed by atoms with van der Waals surface area (Å²) < 4.78 is 46.4. The molecule has 2 bridgehead atoms. The molecule has 3 aliphatic rings. The summed E-state index contributed by atoms with van der Waals surface area (Å²) in [6.07, 6.45) is 3.70. The quantitative estimate of drug-likeness (QED) is 0.543. The standard InChI is InChI=1S/C19H29N5O8S/c1-19(2,3)31-17(25)20-12-8-11(9-12)4-7-15-21-22-16(30-15)14-6-5-13-10-23(14)18(26)24(13)32-33(27,28)29/h11-14H,4-10H2,1-3H3,(H,20,25)(H,27,28,29)/t11-,12+,13-,14-/m0/s1. The van der Waals surface area contributed by atoms with E-state index in [0.717, 1.165) is 19.3 Å².